The topological polar surface area (TPSA) is 101 Å². The molecule has 8 nitrogen and oxygen atoms in total. The summed E-state index contributed by atoms with van der Waals surface area (Å²) in [4.78, 5) is 24.6. The summed E-state index contributed by atoms with van der Waals surface area (Å²) in [6, 6.07) is 0. The van der Waals surface area contributed by atoms with Crippen LogP contribution in [0.3, 0.4) is 0 Å². The van der Waals surface area contributed by atoms with E-state index in [0.29, 0.717) is 25.9 Å². The van der Waals surface area contributed by atoms with E-state index in [0.717, 1.165) is 83.7 Å². The van der Waals surface area contributed by atoms with Crippen LogP contribution in [0.2, 0.25) is 0 Å². The fraction of sp³-hybridized carbons (Fsp3) is 0.871. The fourth-order valence-corrected chi connectivity index (χ4v) is 5.94. The van der Waals surface area contributed by atoms with Crippen molar-refractivity contribution in [2.24, 2.45) is 11.8 Å². The van der Waals surface area contributed by atoms with Crippen molar-refractivity contribution in [1.29, 1.82) is 0 Å². The summed E-state index contributed by atoms with van der Waals surface area (Å²) in [5, 5.41) is 11.2. The number of carbonyl (C=O) groups excluding carboxylic acids is 2. The van der Waals surface area contributed by atoms with Gasteiger partial charge in [0, 0.05) is 32.0 Å². The number of aliphatic hydroxyl groups is 1. The number of carbonyl (C=O) groups is 2. The summed E-state index contributed by atoms with van der Waals surface area (Å²) in [5.74, 6) is -0.923. The van der Waals surface area contributed by atoms with Gasteiger partial charge in [0.2, 0.25) is 0 Å². The van der Waals surface area contributed by atoms with Gasteiger partial charge in [-0.15, -0.1) is 0 Å². The van der Waals surface area contributed by atoms with Crippen molar-refractivity contribution in [3.8, 4) is 0 Å². The third-order valence-electron chi connectivity index (χ3n) is 8.21. The number of hydrogen-bond donors (Lipinski definition) is 1. The highest BCUT2D eigenvalue weighted by Crippen LogP contribution is 2.38. The molecule has 8 heteroatoms. The Bertz CT molecular complexity index is 728. The van der Waals surface area contributed by atoms with E-state index in [1.165, 1.54) is 7.11 Å². The number of ketones is 1. The van der Waals surface area contributed by atoms with Crippen LogP contribution < -0.4 is 0 Å². The minimum atomic E-state index is -0.757. The van der Waals surface area contributed by atoms with E-state index in [1.54, 1.807) is 0 Å². The average molecular weight is 553 g/mol. The fourth-order valence-electron chi connectivity index (χ4n) is 5.94. The van der Waals surface area contributed by atoms with E-state index in [4.69, 9.17) is 23.7 Å². The number of esters is 1. The Morgan fingerprint density at radius 2 is 1.72 bits per heavy atom. The number of unbranched alkanes of at least 4 members (excludes halogenated alkanes) is 4. The molecule has 2 heterocycles. The van der Waals surface area contributed by atoms with Crippen molar-refractivity contribution in [3.63, 3.8) is 0 Å². The van der Waals surface area contributed by atoms with Gasteiger partial charge in [0.25, 0.3) is 0 Å². The lowest BCUT2D eigenvalue weighted by Crippen LogP contribution is -2.34. The van der Waals surface area contributed by atoms with Gasteiger partial charge in [0.15, 0.2) is 12.6 Å². The lowest BCUT2D eigenvalue weighted by atomic mass is 9.86. The van der Waals surface area contributed by atoms with Gasteiger partial charge in [-0.1, -0.05) is 51.2 Å². The molecule has 0 bridgehead atoms. The zero-order valence-electron chi connectivity index (χ0n) is 24.2. The summed E-state index contributed by atoms with van der Waals surface area (Å²) in [7, 11) is 1.39. The van der Waals surface area contributed by atoms with Gasteiger partial charge in [0.1, 0.15) is 5.78 Å². The van der Waals surface area contributed by atoms with E-state index in [9.17, 15) is 14.7 Å². The molecule has 224 valence electrons. The van der Waals surface area contributed by atoms with Crippen LogP contribution in [0.5, 0.6) is 0 Å². The minimum Gasteiger partial charge on any atom is -0.469 e. The molecule has 7 unspecified atom stereocenters. The largest absolute Gasteiger partial charge is 0.469 e. The second-order valence-electron chi connectivity index (χ2n) is 11.3. The first-order chi connectivity index (χ1) is 19.0. The Balaban J connectivity index is 1.67. The molecule has 7 atom stereocenters. The average Bonchev–Trinajstić information content (AvgIpc) is 3.26. The molecule has 39 heavy (non-hydrogen) atoms. The molecule has 0 amide bonds. The van der Waals surface area contributed by atoms with Gasteiger partial charge < -0.3 is 28.8 Å². The molecule has 1 saturated carbocycles. The molecular formula is C31H52O8. The molecule has 0 radical (unpaired) electrons. The van der Waals surface area contributed by atoms with Gasteiger partial charge in [-0.05, 0) is 57.8 Å². The van der Waals surface area contributed by atoms with Crippen molar-refractivity contribution < 1.29 is 38.4 Å². The standard InChI is InChI=1S/C31H52O8/c1-3-4-6-13-23(38-29-16-9-11-20-36-29)18-19-24-27(39-30-17-10-12-21-37-30)22-26(33)31(24)25(32)14-7-5-8-15-28(34)35-2/h18-19,23-25,27,29-32H,3-17,20-22H2,1-2H3/b19-18+. The highest BCUT2D eigenvalue weighted by molar-refractivity contribution is 5.85. The van der Waals surface area contributed by atoms with Crippen LogP contribution in [-0.2, 0) is 33.3 Å². The highest BCUT2D eigenvalue weighted by Gasteiger charge is 2.46. The number of ether oxygens (including phenoxy) is 5. The van der Waals surface area contributed by atoms with E-state index < -0.39 is 12.0 Å². The molecule has 1 aliphatic carbocycles. The third kappa shape index (κ3) is 11.2. The number of methoxy groups -OCH3 is 1. The SMILES string of the molecule is CCCCCC(/C=C/C1C(OC2CCCCO2)CC(=O)C1C(O)CCCCCC(=O)OC)OC1CCCCO1. The quantitative estimate of drug-likeness (QED) is 0.141. The van der Waals surface area contributed by atoms with Crippen LogP contribution in [0.25, 0.3) is 0 Å². The van der Waals surface area contributed by atoms with Gasteiger partial charge in [-0.25, -0.2) is 0 Å². The van der Waals surface area contributed by atoms with Crippen molar-refractivity contribution >= 4 is 11.8 Å². The normalized spacial score (nSPS) is 29.5. The summed E-state index contributed by atoms with van der Waals surface area (Å²) in [6.07, 6.45) is 16.2. The van der Waals surface area contributed by atoms with E-state index in [2.05, 4.69) is 19.1 Å². The smallest absolute Gasteiger partial charge is 0.305 e. The predicted octanol–water partition coefficient (Wildman–Crippen LogP) is 5.64. The van der Waals surface area contributed by atoms with Crippen LogP contribution in [0.4, 0.5) is 0 Å². The lowest BCUT2D eigenvalue weighted by molar-refractivity contribution is -0.193. The molecule has 2 saturated heterocycles. The third-order valence-corrected chi connectivity index (χ3v) is 8.21. The zero-order valence-corrected chi connectivity index (χ0v) is 24.2. The molecule has 0 aromatic carbocycles. The van der Waals surface area contributed by atoms with E-state index in [1.807, 2.05) is 0 Å². The Kier molecular flexibility index (Phi) is 15.0. The monoisotopic (exact) mass is 552 g/mol. The summed E-state index contributed by atoms with van der Waals surface area (Å²) < 4.78 is 29.1. The number of aliphatic hydroxyl groups excluding tert-OH is 1. The van der Waals surface area contributed by atoms with Gasteiger partial charge in [-0.2, -0.15) is 0 Å². The molecule has 0 aromatic heterocycles. The van der Waals surface area contributed by atoms with E-state index in [-0.39, 0.29) is 48.9 Å². The van der Waals surface area contributed by atoms with Crippen LogP contribution in [0.1, 0.15) is 110 Å². The molecule has 2 aliphatic heterocycles. The first-order valence-corrected chi connectivity index (χ1v) is 15.5. The Hall–Kier alpha value is -1.32. The zero-order chi connectivity index (χ0) is 27.9. The highest BCUT2D eigenvalue weighted by atomic mass is 16.7. The molecule has 3 fully saturated rings. The Labute approximate surface area is 235 Å². The van der Waals surface area contributed by atoms with Crippen LogP contribution >= 0.6 is 0 Å². The predicted molar refractivity (Wildman–Crippen MR) is 148 cm³/mol. The van der Waals surface area contributed by atoms with Gasteiger partial charge in [0.05, 0.1) is 31.3 Å². The summed E-state index contributed by atoms with van der Waals surface area (Å²) in [6.45, 7) is 3.60. The maximum absolute atomic E-state index is 13.2. The van der Waals surface area contributed by atoms with Gasteiger partial charge >= 0.3 is 5.97 Å². The summed E-state index contributed by atoms with van der Waals surface area (Å²) >= 11 is 0. The van der Waals surface area contributed by atoms with Crippen molar-refractivity contribution in [1.82, 2.24) is 0 Å². The summed E-state index contributed by atoms with van der Waals surface area (Å²) in [5.41, 5.74) is 0. The number of rotatable bonds is 17. The molecule has 0 aromatic rings. The lowest BCUT2D eigenvalue weighted by Gasteiger charge is -2.30. The molecular weight excluding hydrogens is 500 g/mol. The van der Waals surface area contributed by atoms with Crippen LogP contribution in [0, 0.1) is 11.8 Å². The maximum Gasteiger partial charge on any atom is 0.305 e. The Morgan fingerprint density at radius 3 is 2.38 bits per heavy atom. The maximum atomic E-state index is 13.2. The molecule has 1 N–H and O–H groups in total. The second kappa shape index (κ2) is 18.2. The minimum absolute atomic E-state index is 0.0478. The molecule has 0 spiro atoms. The van der Waals surface area contributed by atoms with Crippen LogP contribution in [-0.4, -0.2) is 68.1 Å². The Morgan fingerprint density at radius 1 is 1.00 bits per heavy atom. The first kappa shape index (κ1) is 32.2. The van der Waals surface area contributed by atoms with Crippen molar-refractivity contribution in [2.75, 3.05) is 20.3 Å². The van der Waals surface area contributed by atoms with E-state index >= 15 is 0 Å². The van der Waals surface area contributed by atoms with Crippen molar-refractivity contribution in [2.45, 2.75) is 141 Å². The van der Waals surface area contributed by atoms with Gasteiger partial charge in [-0.3, -0.25) is 9.59 Å². The van der Waals surface area contributed by atoms with Crippen molar-refractivity contribution in [3.05, 3.63) is 12.2 Å². The number of hydrogen-bond acceptors (Lipinski definition) is 8. The first-order valence-electron chi connectivity index (χ1n) is 15.5. The molecule has 3 aliphatic rings. The number of Topliss-reactive ketones (excluding diaryl/α,β-unsaturated/α-hetero) is 1. The second-order valence-corrected chi connectivity index (χ2v) is 11.3. The molecule has 3 rings (SSSR count). The van der Waals surface area contributed by atoms with Crippen LogP contribution in [0.15, 0.2) is 12.2 Å².